The lowest BCUT2D eigenvalue weighted by molar-refractivity contribution is 0.186. The fourth-order valence-corrected chi connectivity index (χ4v) is 3.92. The van der Waals surface area contributed by atoms with E-state index in [1.54, 1.807) is 7.11 Å². The minimum Gasteiger partial charge on any atom is -0.383 e. The predicted molar refractivity (Wildman–Crippen MR) is 66.8 cm³/mol. The van der Waals surface area contributed by atoms with Gasteiger partial charge in [-0.15, -0.1) is 0 Å². The normalized spacial score (nSPS) is 27.2. The summed E-state index contributed by atoms with van der Waals surface area (Å²) in [6, 6.07) is -0.0730. The number of rotatable bonds is 6. The molecule has 0 aromatic rings. The average molecular weight is 265 g/mol. The highest BCUT2D eigenvalue weighted by Gasteiger charge is 2.35. The number of nitrogens with one attached hydrogen (secondary N) is 1. The summed E-state index contributed by atoms with van der Waals surface area (Å²) in [5.74, 6) is 0. The third-order valence-electron chi connectivity index (χ3n) is 3.09. The number of ether oxygens (including phenoxy) is 1. The zero-order chi connectivity index (χ0) is 12.9. The molecule has 7 heteroatoms. The quantitative estimate of drug-likeness (QED) is 0.644. The molecule has 17 heavy (non-hydrogen) atoms. The average Bonchev–Trinajstić information content (AvgIpc) is 2.28. The van der Waals surface area contributed by atoms with E-state index < -0.39 is 10.2 Å². The van der Waals surface area contributed by atoms with E-state index in [1.165, 1.54) is 4.31 Å². The van der Waals surface area contributed by atoms with E-state index in [1.807, 2.05) is 6.92 Å². The van der Waals surface area contributed by atoms with Gasteiger partial charge in [-0.25, -0.2) is 0 Å². The number of methoxy groups -OCH3 is 1. The van der Waals surface area contributed by atoms with Crippen molar-refractivity contribution in [1.29, 1.82) is 0 Å². The largest absolute Gasteiger partial charge is 0.383 e. The maximum atomic E-state index is 12.1. The Kier molecular flexibility index (Phi) is 5.81. The van der Waals surface area contributed by atoms with Crippen molar-refractivity contribution in [2.45, 2.75) is 38.3 Å². The van der Waals surface area contributed by atoms with Crippen molar-refractivity contribution in [1.82, 2.24) is 9.03 Å². The van der Waals surface area contributed by atoms with Crippen LogP contribution in [0.5, 0.6) is 0 Å². The molecule has 1 heterocycles. The summed E-state index contributed by atoms with van der Waals surface area (Å²) in [6.07, 6.45) is 2.76. The molecule has 1 aliphatic heterocycles. The van der Waals surface area contributed by atoms with Crippen molar-refractivity contribution in [3.05, 3.63) is 0 Å². The van der Waals surface area contributed by atoms with E-state index in [0.717, 1.165) is 19.3 Å². The van der Waals surface area contributed by atoms with Crippen molar-refractivity contribution < 1.29 is 13.2 Å². The molecular weight excluding hydrogens is 242 g/mol. The number of hydrogen-bond acceptors (Lipinski definition) is 4. The van der Waals surface area contributed by atoms with Gasteiger partial charge < -0.3 is 10.5 Å². The van der Waals surface area contributed by atoms with Crippen LogP contribution in [0.2, 0.25) is 0 Å². The highest BCUT2D eigenvalue weighted by molar-refractivity contribution is 7.87. The lowest BCUT2D eigenvalue weighted by Gasteiger charge is -2.38. The van der Waals surface area contributed by atoms with E-state index in [2.05, 4.69) is 4.72 Å². The molecule has 3 N–H and O–H groups in total. The second-order valence-corrected chi connectivity index (χ2v) is 6.05. The van der Waals surface area contributed by atoms with Crippen molar-refractivity contribution in [3.63, 3.8) is 0 Å². The van der Waals surface area contributed by atoms with Gasteiger partial charge in [0, 0.05) is 32.3 Å². The molecule has 0 spiro atoms. The molecule has 0 radical (unpaired) electrons. The Morgan fingerprint density at radius 1 is 1.47 bits per heavy atom. The van der Waals surface area contributed by atoms with Crippen LogP contribution in [0, 0.1) is 0 Å². The second kappa shape index (κ2) is 6.65. The molecule has 1 aliphatic rings. The summed E-state index contributed by atoms with van der Waals surface area (Å²) in [7, 11) is -1.90. The van der Waals surface area contributed by atoms with E-state index in [-0.39, 0.29) is 12.1 Å². The van der Waals surface area contributed by atoms with Crippen LogP contribution >= 0.6 is 0 Å². The van der Waals surface area contributed by atoms with Gasteiger partial charge in [-0.2, -0.15) is 17.4 Å². The molecule has 0 aromatic heterocycles. The van der Waals surface area contributed by atoms with Crippen LogP contribution in [0.15, 0.2) is 0 Å². The third-order valence-corrected chi connectivity index (χ3v) is 4.88. The molecule has 102 valence electrons. The van der Waals surface area contributed by atoms with Crippen LogP contribution in [0.3, 0.4) is 0 Å². The summed E-state index contributed by atoms with van der Waals surface area (Å²) in [6.45, 7) is 2.96. The van der Waals surface area contributed by atoms with Gasteiger partial charge in [-0.3, -0.25) is 0 Å². The van der Waals surface area contributed by atoms with Crippen LogP contribution < -0.4 is 10.5 Å². The van der Waals surface area contributed by atoms with Crippen LogP contribution in [-0.2, 0) is 14.9 Å². The van der Waals surface area contributed by atoms with Gasteiger partial charge in [0.2, 0.25) is 0 Å². The smallest absolute Gasteiger partial charge is 0.280 e. The van der Waals surface area contributed by atoms with Gasteiger partial charge in [0.1, 0.15) is 0 Å². The molecule has 1 rings (SSSR count). The summed E-state index contributed by atoms with van der Waals surface area (Å²) in [5, 5.41) is 0. The first-order valence-electron chi connectivity index (χ1n) is 6.00. The van der Waals surface area contributed by atoms with Crippen molar-refractivity contribution in [2.75, 3.05) is 26.8 Å². The lowest BCUT2D eigenvalue weighted by Crippen LogP contribution is -2.55. The fourth-order valence-electron chi connectivity index (χ4n) is 2.27. The second-order valence-electron chi connectivity index (χ2n) is 4.39. The number of nitrogens with zero attached hydrogens (tertiary/aromatic N) is 1. The van der Waals surface area contributed by atoms with E-state index in [4.69, 9.17) is 10.5 Å². The van der Waals surface area contributed by atoms with Gasteiger partial charge in [0.15, 0.2) is 0 Å². The lowest BCUT2D eigenvalue weighted by atomic mass is 10.00. The van der Waals surface area contributed by atoms with Crippen molar-refractivity contribution in [3.8, 4) is 0 Å². The Morgan fingerprint density at radius 3 is 2.76 bits per heavy atom. The molecule has 0 amide bonds. The maximum Gasteiger partial charge on any atom is 0.280 e. The Bertz CT molecular complexity index is 321. The monoisotopic (exact) mass is 265 g/mol. The third kappa shape index (κ3) is 3.89. The first-order chi connectivity index (χ1) is 8.03. The van der Waals surface area contributed by atoms with E-state index >= 15 is 0 Å². The first-order valence-corrected chi connectivity index (χ1v) is 7.44. The molecule has 1 fully saturated rings. The summed E-state index contributed by atoms with van der Waals surface area (Å²) in [5.41, 5.74) is 5.65. The number of hydrogen-bond donors (Lipinski definition) is 2. The minimum absolute atomic E-state index is 0.0114. The fraction of sp³-hybridized carbons (Fsp3) is 1.00. The summed E-state index contributed by atoms with van der Waals surface area (Å²) >= 11 is 0. The standard InChI is InChI=1S/C10H23N3O3S/c1-9-4-3-5-10(8-11)13(9)17(14,15)12-6-7-16-2/h9-10,12H,3-8,11H2,1-2H3. The Labute approximate surface area is 104 Å². The van der Waals surface area contributed by atoms with Crippen LogP contribution in [0.1, 0.15) is 26.2 Å². The zero-order valence-electron chi connectivity index (χ0n) is 10.6. The predicted octanol–water partition coefficient (Wildman–Crippen LogP) is -0.331. The van der Waals surface area contributed by atoms with Gasteiger partial charge in [-0.1, -0.05) is 6.42 Å². The number of piperidine rings is 1. The molecule has 0 saturated carbocycles. The summed E-state index contributed by atoms with van der Waals surface area (Å²) in [4.78, 5) is 0. The molecule has 0 bridgehead atoms. The Morgan fingerprint density at radius 2 is 2.18 bits per heavy atom. The molecule has 1 saturated heterocycles. The molecular formula is C10H23N3O3S. The highest BCUT2D eigenvalue weighted by atomic mass is 32.2. The molecule has 2 unspecified atom stereocenters. The van der Waals surface area contributed by atoms with Gasteiger partial charge >= 0.3 is 0 Å². The maximum absolute atomic E-state index is 12.1. The van der Waals surface area contributed by atoms with Crippen LogP contribution in [0.25, 0.3) is 0 Å². The Balaban J connectivity index is 2.71. The molecule has 2 atom stereocenters. The van der Waals surface area contributed by atoms with E-state index in [0.29, 0.717) is 19.7 Å². The first kappa shape index (κ1) is 14.8. The number of nitrogens with two attached hydrogens (primary N) is 1. The zero-order valence-corrected chi connectivity index (χ0v) is 11.4. The molecule has 6 nitrogen and oxygen atoms in total. The topological polar surface area (TPSA) is 84.7 Å². The van der Waals surface area contributed by atoms with Gasteiger partial charge in [0.25, 0.3) is 10.2 Å². The Hall–Kier alpha value is -0.210. The van der Waals surface area contributed by atoms with Crippen LogP contribution in [0.4, 0.5) is 0 Å². The molecule has 0 aromatic carbocycles. The van der Waals surface area contributed by atoms with Crippen molar-refractivity contribution in [2.24, 2.45) is 5.73 Å². The van der Waals surface area contributed by atoms with E-state index in [9.17, 15) is 8.42 Å². The minimum atomic E-state index is -3.44. The van der Waals surface area contributed by atoms with Gasteiger partial charge in [-0.05, 0) is 19.8 Å². The molecule has 0 aliphatic carbocycles. The van der Waals surface area contributed by atoms with Crippen molar-refractivity contribution >= 4 is 10.2 Å². The van der Waals surface area contributed by atoms with Gasteiger partial charge in [0.05, 0.1) is 6.61 Å². The SMILES string of the molecule is COCCNS(=O)(=O)N1C(C)CCCC1CN. The van der Waals surface area contributed by atoms with Crippen LogP contribution in [-0.4, -0.2) is 51.6 Å². The highest BCUT2D eigenvalue weighted by Crippen LogP contribution is 2.24. The summed E-state index contributed by atoms with van der Waals surface area (Å²) < 4.78 is 33.2.